The van der Waals surface area contributed by atoms with Crippen molar-refractivity contribution in [2.45, 2.75) is 20.8 Å². The van der Waals surface area contributed by atoms with Crippen LogP contribution in [0.5, 0.6) is 5.75 Å². The number of carbonyl (C=O) groups is 1. The maximum atomic E-state index is 12.7. The smallest absolute Gasteiger partial charge is 0.231 e. The van der Waals surface area contributed by atoms with Crippen LogP contribution in [-0.2, 0) is 4.79 Å². The molecular formula is C21H23N3O2S. The summed E-state index contributed by atoms with van der Waals surface area (Å²) in [5.41, 5.74) is 5.25. The molecule has 140 valence electrons. The second kappa shape index (κ2) is 6.85. The molecule has 0 saturated carbocycles. The fourth-order valence-corrected chi connectivity index (χ4v) is 4.62. The van der Waals surface area contributed by atoms with E-state index in [1.54, 1.807) is 18.4 Å². The standard InChI is InChI=1S/C21H23N3O2S/c1-12-8-13(2)18(14(3)9-12)22-20(25)15-10-24(11-15)21-23-19-16(26-4)6-5-7-17(19)27-21/h5-9,15H,10-11H2,1-4H3,(H,22,25). The number of hydrogen-bond acceptors (Lipinski definition) is 5. The van der Waals surface area contributed by atoms with Gasteiger partial charge >= 0.3 is 0 Å². The summed E-state index contributed by atoms with van der Waals surface area (Å²) >= 11 is 1.64. The lowest BCUT2D eigenvalue weighted by Crippen LogP contribution is -2.52. The fraction of sp³-hybridized carbons (Fsp3) is 0.333. The van der Waals surface area contributed by atoms with Crippen molar-refractivity contribution in [2.24, 2.45) is 5.92 Å². The number of nitrogens with zero attached hydrogens (tertiary/aromatic N) is 2. The van der Waals surface area contributed by atoms with Gasteiger partial charge in [0.1, 0.15) is 11.3 Å². The normalized spacial score (nSPS) is 14.3. The Bertz CT molecular complexity index is 998. The molecule has 0 spiro atoms. The van der Waals surface area contributed by atoms with Gasteiger partial charge in [-0.05, 0) is 44.0 Å². The number of benzene rings is 2. The Morgan fingerprint density at radius 3 is 2.59 bits per heavy atom. The maximum absolute atomic E-state index is 12.7. The average Bonchev–Trinajstić information content (AvgIpc) is 3.00. The topological polar surface area (TPSA) is 54.5 Å². The second-order valence-electron chi connectivity index (χ2n) is 7.17. The number of nitrogens with one attached hydrogen (secondary N) is 1. The average molecular weight is 382 g/mol. The number of para-hydroxylation sites is 1. The number of ether oxygens (including phenoxy) is 1. The van der Waals surface area contributed by atoms with E-state index in [1.165, 1.54) is 5.56 Å². The van der Waals surface area contributed by atoms with E-state index in [-0.39, 0.29) is 11.8 Å². The number of carbonyl (C=O) groups excluding carboxylic acids is 1. The molecule has 2 aromatic carbocycles. The fourth-order valence-electron chi connectivity index (χ4n) is 3.61. The van der Waals surface area contributed by atoms with Gasteiger partial charge in [-0.15, -0.1) is 0 Å². The van der Waals surface area contributed by atoms with Crippen molar-refractivity contribution < 1.29 is 9.53 Å². The van der Waals surface area contributed by atoms with Crippen LogP contribution in [0.2, 0.25) is 0 Å². The number of thiazole rings is 1. The first-order valence-corrected chi connectivity index (χ1v) is 9.85. The van der Waals surface area contributed by atoms with Gasteiger partial charge in [0.15, 0.2) is 5.13 Å². The van der Waals surface area contributed by atoms with Gasteiger partial charge in [0.05, 0.1) is 17.7 Å². The van der Waals surface area contributed by atoms with E-state index < -0.39 is 0 Å². The van der Waals surface area contributed by atoms with Crippen molar-refractivity contribution in [3.05, 3.63) is 47.0 Å². The molecule has 1 aliphatic rings. The SMILES string of the molecule is COc1cccc2sc(N3CC(C(=O)Nc4c(C)cc(C)cc4C)C3)nc12. The van der Waals surface area contributed by atoms with Gasteiger partial charge in [0.25, 0.3) is 0 Å². The minimum atomic E-state index is -0.0148. The number of hydrogen-bond donors (Lipinski definition) is 1. The predicted molar refractivity (Wildman–Crippen MR) is 111 cm³/mol. The summed E-state index contributed by atoms with van der Waals surface area (Å²) in [7, 11) is 1.66. The Morgan fingerprint density at radius 1 is 1.22 bits per heavy atom. The molecule has 6 heteroatoms. The van der Waals surface area contributed by atoms with E-state index in [4.69, 9.17) is 9.72 Å². The molecule has 1 amide bonds. The van der Waals surface area contributed by atoms with Crippen LogP contribution >= 0.6 is 11.3 Å². The molecule has 1 aliphatic heterocycles. The maximum Gasteiger partial charge on any atom is 0.231 e. The highest BCUT2D eigenvalue weighted by Crippen LogP contribution is 2.36. The zero-order chi connectivity index (χ0) is 19.1. The van der Waals surface area contributed by atoms with Crippen molar-refractivity contribution >= 4 is 38.3 Å². The number of methoxy groups -OCH3 is 1. The number of aryl methyl sites for hydroxylation is 3. The first-order chi connectivity index (χ1) is 13.0. The number of anilines is 2. The van der Waals surface area contributed by atoms with Gasteiger partial charge in [0, 0.05) is 18.8 Å². The van der Waals surface area contributed by atoms with E-state index >= 15 is 0 Å². The highest BCUT2D eigenvalue weighted by molar-refractivity contribution is 7.22. The molecule has 3 aromatic rings. The summed E-state index contributed by atoms with van der Waals surface area (Å²) in [5, 5.41) is 4.07. The molecular weight excluding hydrogens is 358 g/mol. The molecule has 0 aliphatic carbocycles. The van der Waals surface area contributed by atoms with Crippen LogP contribution in [0.1, 0.15) is 16.7 Å². The lowest BCUT2D eigenvalue weighted by molar-refractivity contribution is -0.120. The monoisotopic (exact) mass is 381 g/mol. The molecule has 1 fully saturated rings. The first kappa shape index (κ1) is 17.8. The Labute approximate surface area is 163 Å². The molecule has 1 aromatic heterocycles. The molecule has 0 unspecified atom stereocenters. The third-order valence-electron chi connectivity index (χ3n) is 5.04. The third kappa shape index (κ3) is 3.25. The third-order valence-corrected chi connectivity index (χ3v) is 6.12. The molecule has 2 heterocycles. The number of aromatic nitrogens is 1. The molecule has 0 radical (unpaired) electrons. The summed E-state index contributed by atoms with van der Waals surface area (Å²) < 4.78 is 6.49. The summed E-state index contributed by atoms with van der Waals surface area (Å²) in [5.74, 6) is 0.856. The molecule has 1 saturated heterocycles. The van der Waals surface area contributed by atoms with Gasteiger partial charge in [-0.2, -0.15) is 0 Å². The molecule has 4 rings (SSSR count). The summed E-state index contributed by atoms with van der Waals surface area (Å²) in [6, 6.07) is 10.1. The van der Waals surface area contributed by atoms with E-state index in [0.717, 1.165) is 37.9 Å². The zero-order valence-electron chi connectivity index (χ0n) is 16.0. The van der Waals surface area contributed by atoms with Crippen LogP contribution in [0, 0.1) is 26.7 Å². The second-order valence-corrected chi connectivity index (χ2v) is 8.18. The van der Waals surface area contributed by atoms with Gasteiger partial charge in [0.2, 0.25) is 5.91 Å². The lowest BCUT2D eigenvalue weighted by Gasteiger charge is -2.38. The Morgan fingerprint density at radius 2 is 1.93 bits per heavy atom. The summed E-state index contributed by atoms with van der Waals surface area (Å²) in [6.07, 6.45) is 0. The van der Waals surface area contributed by atoms with E-state index in [0.29, 0.717) is 13.1 Å². The van der Waals surface area contributed by atoms with Crippen molar-refractivity contribution in [3.8, 4) is 5.75 Å². The summed E-state index contributed by atoms with van der Waals surface area (Å²) in [6.45, 7) is 7.53. The Balaban J connectivity index is 1.44. The molecule has 0 atom stereocenters. The van der Waals surface area contributed by atoms with Crippen molar-refractivity contribution in [1.29, 1.82) is 0 Å². The predicted octanol–water partition coefficient (Wildman–Crippen LogP) is 4.31. The van der Waals surface area contributed by atoms with Gasteiger partial charge < -0.3 is 15.0 Å². The quantitative estimate of drug-likeness (QED) is 0.732. The molecule has 27 heavy (non-hydrogen) atoms. The van der Waals surface area contributed by atoms with Gasteiger partial charge in [-0.25, -0.2) is 4.98 Å². The Kier molecular flexibility index (Phi) is 4.52. The first-order valence-electron chi connectivity index (χ1n) is 9.03. The van der Waals surface area contributed by atoms with E-state index in [2.05, 4.69) is 29.3 Å². The molecule has 1 N–H and O–H groups in total. The number of amides is 1. The summed E-state index contributed by atoms with van der Waals surface area (Å²) in [4.78, 5) is 19.5. The van der Waals surface area contributed by atoms with Crippen LogP contribution < -0.4 is 15.0 Å². The van der Waals surface area contributed by atoms with E-state index in [1.807, 2.05) is 32.0 Å². The van der Waals surface area contributed by atoms with Crippen LogP contribution in [0.25, 0.3) is 10.2 Å². The van der Waals surface area contributed by atoms with Crippen molar-refractivity contribution in [3.63, 3.8) is 0 Å². The Hall–Kier alpha value is -2.60. The minimum Gasteiger partial charge on any atom is -0.494 e. The van der Waals surface area contributed by atoms with Crippen LogP contribution in [-0.4, -0.2) is 31.1 Å². The minimum absolute atomic E-state index is 0.0148. The van der Waals surface area contributed by atoms with Crippen LogP contribution in [0.4, 0.5) is 10.8 Å². The number of rotatable bonds is 4. The lowest BCUT2D eigenvalue weighted by atomic mass is 9.98. The molecule has 5 nitrogen and oxygen atoms in total. The zero-order valence-corrected chi connectivity index (χ0v) is 16.8. The van der Waals surface area contributed by atoms with Gasteiger partial charge in [-0.3, -0.25) is 4.79 Å². The van der Waals surface area contributed by atoms with Crippen molar-refractivity contribution in [2.75, 3.05) is 30.4 Å². The highest BCUT2D eigenvalue weighted by atomic mass is 32.1. The van der Waals surface area contributed by atoms with Crippen LogP contribution in [0.15, 0.2) is 30.3 Å². The van der Waals surface area contributed by atoms with E-state index in [9.17, 15) is 4.79 Å². The van der Waals surface area contributed by atoms with Crippen LogP contribution in [0.3, 0.4) is 0 Å². The largest absolute Gasteiger partial charge is 0.494 e. The van der Waals surface area contributed by atoms with Crippen molar-refractivity contribution in [1.82, 2.24) is 4.98 Å². The highest BCUT2D eigenvalue weighted by Gasteiger charge is 2.35. The molecule has 0 bridgehead atoms. The number of fused-ring (bicyclic) bond motifs is 1. The van der Waals surface area contributed by atoms with Gasteiger partial charge in [-0.1, -0.05) is 35.1 Å².